The van der Waals surface area contributed by atoms with Crippen LogP contribution in [0, 0.1) is 11.7 Å². The molecule has 5 heteroatoms. The lowest BCUT2D eigenvalue weighted by Crippen LogP contribution is -2.38. The lowest BCUT2D eigenvalue weighted by molar-refractivity contribution is 0.0695. The summed E-state index contributed by atoms with van der Waals surface area (Å²) >= 11 is 1.43. The predicted molar refractivity (Wildman–Crippen MR) is 114 cm³/mol. The lowest BCUT2D eigenvalue weighted by Gasteiger charge is -2.31. The third kappa shape index (κ3) is 5.04. The summed E-state index contributed by atoms with van der Waals surface area (Å²) in [6.07, 6.45) is 3.16. The normalized spacial score (nSPS) is 14.7. The number of rotatable bonds is 6. The Hall–Kier alpha value is -2.66. The molecular weight excluding hydrogens is 385 g/mol. The standard InChI is InChI=1S/C24H24FNO2S/c25-21-8-4-5-9-22(21)28-16-20-15-23(29-17-20)24(27)26-12-10-19(11-13-26)14-18-6-2-1-3-7-18/h1-9,15,17,19H,10-14,16H2. The van der Waals surface area contributed by atoms with E-state index >= 15 is 0 Å². The summed E-state index contributed by atoms with van der Waals surface area (Å²) in [4.78, 5) is 15.5. The molecule has 1 fully saturated rings. The van der Waals surface area contributed by atoms with Gasteiger partial charge >= 0.3 is 0 Å². The van der Waals surface area contributed by atoms with Crippen LogP contribution in [0.25, 0.3) is 0 Å². The number of para-hydroxylation sites is 1. The van der Waals surface area contributed by atoms with Crippen LogP contribution in [-0.2, 0) is 13.0 Å². The molecule has 0 radical (unpaired) electrons. The number of carbonyl (C=O) groups is 1. The van der Waals surface area contributed by atoms with E-state index in [2.05, 4.69) is 24.3 Å². The summed E-state index contributed by atoms with van der Waals surface area (Å²) in [7, 11) is 0. The average Bonchev–Trinajstić information content (AvgIpc) is 3.23. The van der Waals surface area contributed by atoms with Crippen molar-refractivity contribution >= 4 is 17.2 Å². The van der Waals surface area contributed by atoms with Gasteiger partial charge in [0.15, 0.2) is 11.6 Å². The number of hydrogen-bond donors (Lipinski definition) is 0. The highest BCUT2D eigenvalue weighted by Gasteiger charge is 2.24. The molecule has 29 heavy (non-hydrogen) atoms. The van der Waals surface area contributed by atoms with Crippen molar-refractivity contribution in [3.63, 3.8) is 0 Å². The van der Waals surface area contributed by atoms with E-state index in [-0.39, 0.29) is 24.1 Å². The highest BCUT2D eigenvalue weighted by atomic mass is 32.1. The van der Waals surface area contributed by atoms with E-state index in [4.69, 9.17) is 4.74 Å². The number of amides is 1. The Bertz CT molecular complexity index is 948. The first kappa shape index (κ1) is 19.6. The number of likely N-dealkylation sites (tertiary alicyclic amines) is 1. The minimum atomic E-state index is -0.377. The van der Waals surface area contributed by atoms with Gasteiger partial charge in [0.05, 0.1) is 4.88 Å². The van der Waals surface area contributed by atoms with E-state index < -0.39 is 0 Å². The number of piperidine rings is 1. The number of carbonyl (C=O) groups excluding carboxylic acids is 1. The molecule has 1 aliphatic rings. The quantitative estimate of drug-likeness (QED) is 0.533. The van der Waals surface area contributed by atoms with Crippen LogP contribution in [0.2, 0.25) is 0 Å². The Balaban J connectivity index is 1.29. The third-order valence-corrected chi connectivity index (χ3v) is 6.33. The molecular formula is C24H24FNO2S. The van der Waals surface area contributed by atoms with Gasteiger partial charge < -0.3 is 9.64 Å². The predicted octanol–water partition coefficient (Wildman–Crippen LogP) is 5.56. The molecule has 0 aliphatic carbocycles. The summed E-state index contributed by atoms with van der Waals surface area (Å²) in [5.41, 5.74) is 2.26. The maximum Gasteiger partial charge on any atom is 0.263 e. The Morgan fingerprint density at radius 1 is 1.03 bits per heavy atom. The van der Waals surface area contributed by atoms with Crippen LogP contribution in [0.5, 0.6) is 5.75 Å². The van der Waals surface area contributed by atoms with Crippen LogP contribution in [0.3, 0.4) is 0 Å². The summed E-state index contributed by atoms with van der Waals surface area (Å²) < 4.78 is 19.2. The van der Waals surface area contributed by atoms with Gasteiger partial charge in [0.2, 0.25) is 0 Å². The summed E-state index contributed by atoms with van der Waals surface area (Å²) in [6, 6.07) is 18.8. The fourth-order valence-electron chi connectivity index (χ4n) is 3.73. The number of benzene rings is 2. The van der Waals surface area contributed by atoms with Crippen molar-refractivity contribution in [2.75, 3.05) is 13.1 Å². The van der Waals surface area contributed by atoms with Gasteiger partial charge in [0, 0.05) is 18.7 Å². The van der Waals surface area contributed by atoms with Gasteiger partial charge in [0.25, 0.3) is 5.91 Å². The maximum absolute atomic E-state index is 13.7. The summed E-state index contributed by atoms with van der Waals surface area (Å²) in [5, 5.41) is 1.91. The SMILES string of the molecule is O=C(c1cc(COc2ccccc2F)cs1)N1CCC(Cc2ccccc2)CC1. The molecule has 2 aromatic carbocycles. The zero-order valence-electron chi connectivity index (χ0n) is 16.2. The molecule has 150 valence electrons. The lowest BCUT2D eigenvalue weighted by atomic mass is 9.90. The Morgan fingerprint density at radius 3 is 2.52 bits per heavy atom. The zero-order chi connectivity index (χ0) is 20.1. The highest BCUT2D eigenvalue weighted by Crippen LogP contribution is 2.25. The first-order chi connectivity index (χ1) is 14.2. The average molecular weight is 410 g/mol. The van der Waals surface area contributed by atoms with Crippen molar-refractivity contribution in [3.05, 3.63) is 87.9 Å². The van der Waals surface area contributed by atoms with E-state index in [0.717, 1.165) is 42.8 Å². The molecule has 3 aromatic rings. The van der Waals surface area contributed by atoms with Crippen LogP contribution in [0.4, 0.5) is 4.39 Å². The topological polar surface area (TPSA) is 29.5 Å². The molecule has 1 aliphatic heterocycles. The Kier molecular flexibility index (Phi) is 6.25. The molecule has 0 spiro atoms. The van der Waals surface area contributed by atoms with Crippen molar-refractivity contribution < 1.29 is 13.9 Å². The fourth-order valence-corrected chi connectivity index (χ4v) is 4.59. The van der Waals surface area contributed by atoms with Crippen molar-refractivity contribution in [2.45, 2.75) is 25.9 Å². The van der Waals surface area contributed by atoms with Gasteiger partial charge in [-0.05, 0) is 54.3 Å². The molecule has 1 saturated heterocycles. The highest BCUT2D eigenvalue weighted by molar-refractivity contribution is 7.12. The van der Waals surface area contributed by atoms with Crippen molar-refractivity contribution in [1.29, 1.82) is 0 Å². The maximum atomic E-state index is 13.7. The first-order valence-corrected chi connectivity index (χ1v) is 10.8. The van der Waals surface area contributed by atoms with Crippen molar-refractivity contribution in [1.82, 2.24) is 4.90 Å². The van der Waals surface area contributed by atoms with E-state index in [1.807, 2.05) is 22.4 Å². The molecule has 0 unspecified atom stereocenters. The zero-order valence-corrected chi connectivity index (χ0v) is 17.0. The van der Waals surface area contributed by atoms with E-state index in [9.17, 15) is 9.18 Å². The molecule has 2 heterocycles. The molecule has 0 atom stereocenters. The van der Waals surface area contributed by atoms with Gasteiger partial charge in [-0.1, -0.05) is 42.5 Å². The van der Waals surface area contributed by atoms with Gasteiger partial charge in [-0.25, -0.2) is 4.39 Å². The summed E-state index contributed by atoms with van der Waals surface area (Å²) in [6.45, 7) is 1.86. The number of halogens is 1. The van der Waals surface area contributed by atoms with Crippen LogP contribution in [0.1, 0.15) is 33.6 Å². The monoisotopic (exact) mass is 409 g/mol. The minimum absolute atomic E-state index is 0.0882. The van der Waals surface area contributed by atoms with Gasteiger partial charge in [-0.2, -0.15) is 0 Å². The molecule has 0 N–H and O–H groups in total. The van der Waals surface area contributed by atoms with Crippen LogP contribution < -0.4 is 4.74 Å². The first-order valence-electron chi connectivity index (χ1n) is 9.97. The second-order valence-electron chi connectivity index (χ2n) is 7.46. The number of thiophene rings is 1. The largest absolute Gasteiger partial charge is 0.486 e. The Morgan fingerprint density at radius 2 is 1.76 bits per heavy atom. The van der Waals surface area contributed by atoms with E-state index in [0.29, 0.717) is 5.92 Å². The van der Waals surface area contributed by atoms with Crippen molar-refractivity contribution in [2.24, 2.45) is 5.92 Å². The van der Waals surface area contributed by atoms with Gasteiger partial charge in [-0.15, -0.1) is 11.3 Å². The van der Waals surface area contributed by atoms with Gasteiger partial charge in [-0.3, -0.25) is 4.79 Å². The van der Waals surface area contributed by atoms with Crippen LogP contribution in [-0.4, -0.2) is 23.9 Å². The molecule has 3 nitrogen and oxygen atoms in total. The van der Waals surface area contributed by atoms with Gasteiger partial charge in [0.1, 0.15) is 6.61 Å². The number of nitrogens with zero attached hydrogens (tertiary/aromatic N) is 1. The smallest absolute Gasteiger partial charge is 0.263 e. The van der Waals surface area contributed by atoms with Crippen molar-refractivity contribution in [3.8, 4) is 5.75 Å². The van der Waals surface area contributed by atoms with E-state index in [1.165, 1.54) is 23.0 Å². The molecule has 4 rings (SSSR count). The minimum Gasteiger partial charge on any atom is -0.486 e. The second-order valence-corrected chi connectivity index (χ2v) is 8.37. The molecule has 0 bridgehead atoms. The number of hydrogen-bond acceptors (Lipinski definition) is 3. The molecule has 1 amide bonds. The summed E-state index contributed by atoms with van der Waals surface area (Å²) in [5.74, 6) is 0.573. The Labute approximate surface area is 174 Å². The molecule has 0 saturated carbocycles. The molecule has 1 aromatic heterocycles. The third-order valence-electron chi connectivity index (χ3n) is 5.36. The number of ether oxygens (including phenoxy) is 1. The van der Waals surface area contributed by atoms with Crippen LogP contribution in [0.15, 0.2) is 66.0 Å². The van der Waals surface area contributed by atoms with E-state index in [1.54, 1.807) is 18.2 Å². The van der Waals surface area contributed by atoms with Crippen LogP contribution >= 0.6 is 11.3 Å². The fraction of sp³-hybridized carbons (Fsp3) is 0.292. The second kappa shape index (κ2) is 9.23.